The van der Waals surface area contributed by atoms with E-state index in [1.165, 1.54) is 11.1 Å². The first kappa shape index (κ1) is 19.1. The Hall–Kier alpha value is -2.24. The third-order valence-electron chi connectivity index (χ3n) is 6.54. The van der Waals surface area contributed by atoms with Crippen molar-refractivity contribution in [1.29, 1.82) is 0 Å². The maximum absolute atomic E-state index is 12.9. The van der Waals surface area contributed by atoms with E-state index in [2.05, 4.69) is 29.3 Å². The van der Waals surface area contributed by atoms with Gasteiger partial charge in [-0.25, -0.2) is 4.79 Å². The number of nitrogens with zero attached hydrogens (tertiary/aromatic N) is 1. The van der Waals surface area contributed by atoms with Gasteiger partial charge < -0.3 is 19.7 Å². The van der Waals surface area contributed by atoms with E-state index in [0.29, 0.717) is 6.42 Å². The Balaban J connectivity index is 1.70. The number of nitrogens with one attached hydrogen (secondary N) is 1. The SMILES string of the molecule is COc1ccc2c(c1)CCN1C(=O)C[C@H]3[C@H](NC(=O)OC(C)(C)C)[C@@H](C)C[C@]231. The molecule has 0 aromatic heterocycles. The third-order valence-corrected chi connectivity index (χ3v) is 6.54. The molecule has 2 fully saturated rings. The number of carbonyl (C=O) groups is 2. The average molecular weight is 386 g/mol. The summed E-state index contributed by atoms with van der Waals surface area (Å²) in [5.74, 6) is 1.34. The highest BCUT2D eigenvalue weighted by molar-refractivity contribution is 5.82. The molecule has 1 saturated heterocycles. The van der Waals surface area contributed by atoms with Gasteiger partial charge in [-0.15, -0.1) is 0 Å². The van der Waals surface area contributed by atoms with Crippen molar-refractivity contribution in [2.45, 2.75) is 64.1 Å². The molecule has 2 aliphatic heterocycles. The first-order valence-electron chi connectivity index (χ1n) is 10.1. The highest BCUT2D eigenvalue weighted by Gasteiger charge is 2.63. The van der Waals surface area contributed by atoms with E-state index in [4.69, 9.17) is 9.47 Å². The molecule has 1 aliphatic carbocycles. The monoisotopic (exact) mass is 386 g/mol. The van der Waals surface area contributed by atoms with Crippen LogP contribution < -0.4 is 10.1 Å². The summed E-state index contributed by atoms with van der Waals surface area (Å²) in [6.07, 6.45) is 1.75. The van der Waals surface area contributed by atoms with Gasteiger partial charge in [-0.2, -0.15) is 0 Å². The molecule has 1 aromatic rings. The minimum absolute atomic E-state index is 0.0509. The normalized spacial score (nSPS) is 31.1. The molecule has 0 radical (unpaired) electrons. The van der Waals surface area contributed by atoms with Gasteiger partial charge in [0.2, 0.25) is 5.91 Å². The van der Waals surface area contributed by atoms with Gasteiger partial charge in [0, 0.05) is 24.9 Å². The summed E-state index contributed by atoms with van der Waals surface area (Å²) >= 11 is 0. The summed E-state index contributed by atoms with van der Waals surface area (Å²) < 4.78 is 10.9. The number of methoxy groups -OCH3 is 1. The number of carbonyl (C=O) groups excluding carboxylic acids is 2. The van der Waals surface area contributed by atoms with Crippen LogP contribution in [-0.2, 0) is 21.5 Å². The van der Waals surface area contributed by atoms with Crippen molar-refractivity contribution in [3.05, 3.63) is 29.3 Å². The molecule has 1 spiro atoms. The Kier molecular flexibility index (Phi) is 4.36. The second-order valence-electron chi connectivity index (χ2n) is 9.41. The maximum Gasteiger partial charge on any atom is 0.407 e. The van der Waals surface area contributed by atoms with Gasteiger partial charge in [0.05, 0.1) is 12.6 Å². The standard InChI is InChI=1S/C22H30N2O4/c1-13-12-22-16-7-6-15(27-5)10-14(16)8-9-24(22)18(25)11-17(22)19(13)23-20(26)28-21(2,3)4/h6-7,10,13,17,19H,8-9,11-12H2,1-5H3,(H,23,26)/t13-,17-,19+,22-/m0/s1. The Bertz CT molecular complexity index is 815. The fourth-order valence-corrected chi connectivity index (χ4v) is 5.61. The van der Waals surface area contributed by atoms with Gasteiger partial charge in [-0.1, -0.05) is 13.0 Å². The molecule has 2 heterocycles. The van der Waals surface area contributed by atoms with E-state index in [9.17, 15) is 9.59 Å². The Morgan fingerprint density at radius 3 is 2.75 bits per heavy atom. The highest BCUT2D eigenvalue weighted by Crippen LogP contribution is 2.58. The number of amides is 2. The molecule has 1 saturated carbocycles. The zero-order valence-corrected chi connectivity index (χ0v) is 17.4. The van der Waals surface area contributed by atoms with Gasteiger partial charge in [-0.05, 0) is 62.8 Å². The van der Waals surface area contributed by atoms with E-state index >= 15 is 0 Å². The third kappa shape index (κ3) is 2.85. The van der Waals surface area contributed by atoms with Crippen LogP contribution >= 0.6 is 0 Å². The lowest BCUT2D eigenvalue weighted by atomic mass is 9.75. The van der Waals surface area contributed by atoms with Crippen LogP contribution in [-0.4, -0.2) is 42.2 Å². The topological polar surface area (TPSA) is 67.9 Å². The number of hydrogen-bond acceptors (Lipinski definition) is 4. The number of hydrogen-bond donors (Lipinski definition) is 1. The molecule has 4 atom stereocenters. The molecule has 152 valence electrons. The van der Waals surface area contributed by atoms with E-state index in [0.717, 1.165) is 25.1 Å². The smallest absolute Gasteiger partial charge is 0.407 e. The Morgan fingerprint density at radius 2 is 2.07 bits per heavy atom. The van der Waals surface area contributed by atoms with E-state index < -0.39 is 11.7 Å². The van der Waals surface area contributed by atoms with Crippen molar-refractivity contribution in [1.82, 2.24) is 10.2 Å². The van der Waals surface area contributed by atoms with Gasteiger partial charge in [0.25, 0.3) is 0 Å². The van der Waals surface area contributed by atoms with Gasteiger partial charge in [-0.3, -0.25) is 4.79 Å². The van der Waals surface area contributed by atoms with Crippen LogP contribution in [0, 0.1) is 11.8 Å². The second-order valence-corrected chi connectivity index (χ2v) is 9.41. The highest BCUT2D eigenvalue weighted by atomic mass is 16.6. The van der Waals surface area contributed by atoms with Gasteiger partial charge in [0.1, 0.15) is 11.4 Å². The molecule has 0 bridgehead atoms. The zero-order valence-electron chi connectivity index (χ0n) is 17.4. The fourth-order valence-electron chi connectivity index (χ4n) is 5.61. The van der Waals surface area contributed by atoms with E-state index in [-0.39, 0.29) is 29.3 Å². The predicted molar refractivity (Wildman–Crippen MR) is 105 cm³/mol. The first-order chi connectivity index (χ1) is 13.2. The predicted octanol–water partition coefficient (Wildman–Crippen LogP) is 3.23. The minimum atomic E-state index is -0.546. The average Bonchev–Trinajstić information content (AvgIpc) is 3.03. The number of rotatable bonds is 2. The van der Waals surface area contributed by atoms with Crippen LogP contribution in [0.3, 0.4) is 0 Å². The lowest BCUT2D eigenvalue weighted by Gasteiger charge is -2.44. The van der Waals surface area contributed by atoms with Crippen LogP contribution in [0.5, 0.6) is 5.75 Å². The molecular weight excluding hydrogens is 356 g/mol. The van der Waals surface area contributed by atoms with E-state index in [1.54, 1.807) is 7.11 Å². The molecule has 28 heavy (non-hydrogen) atoms. The van der Waals surface area contributed by atoms with Crippen molar-refractivity contribution in [3.63, 3.8) is 0 Å². The number of benzene rings is 1. The van der Waals surface area contributed by atoms with Crippen LogP contribution in [0.25, 0.3) is 0 Å². The van der Waals surface area contributed by atoms with Crippen molar-refractivity contribution in [3.8, 4) is 5.75 Å². The maximum atomic E-state index is 12.9. The van der Waals surface area contributed by atoms with Gasteiger partial charge in [0.15, 0.2) is 0 Å². The van der Waals surface area contributed by atoms with Crippen LogP contribution in [0.15, 0.2) is 18.2 Å². The van der Waals surface area contributed by atoms with Crippen molar-refractivity contribution in [2.75, 3.05) is 13.7 Å². The van der Waals surface area contributed by atoms with E-state index in [1.807, 2.05) is 26.8 Å². The van der Waals surface area contributed by atoms with Gasteiger partial charge >= 0.3 is 6.09 Å². The first-order valence-corrected chi connectivity index (χ1v) is 10.1. The number of ether oxygens (including phenoxy) is 2. The van der Waals surface area contributed by atoms with Crippen molar-refractivity contribution in [2.24, 2.45) is 11.8 Å². The zero-order chi connectivity index (χ0) is 20.3. The molecule has 2 amide bonds. The quantitative estimate of drug-likeness (QED) is 0.847. The summed E-state index contributed by atoms with van der Waals surface area (Å²) in [5, 5.41) is 3.09. The number of fused-ring (bicyclic) bond motifs is 1. The van der Waals surface area contributed by atoms with Crippen molar-refractivity contribution >= 4 is 12.0 Å². The molecule has 0 unspecified atom stereocenters. The lowest BCUT2D eigenvalue weighted by molar-refractivity contribution is -0.132. The summed E-state index contributed by atoms with van der Waals surface area (Å²) in [6, 6.07) is 6.11. The summed E-state index contributed by atoms with van der Waals surface area (Å²) in [6.45, 7) is 8.46. The molecule has 1 N–H and O–H groups in total. The van der Waals surface area contributed by atoms with Crippen molar-refractivity contribution < 1.29 is 19.1 Å². The summed E-state index contributed by atoms with van der Waals surface area (Å²) in [7, 11) is 1.68. The molecule has 3 aliphatic rings. The Morgan fingerprint density at radius 1 is 1.32 bits per heavy atom. The lowest BCUT2D eigenvalue weighted by Crippen LogP contribution is -2.51. The van der Waals surface area contributed by atoms with Crippen LogP contribution in [0.1, 0.15) is 51.7 Å². The number of alkyl carbamates (subject to hydrolysis) is 1. The van der Waals surface area contributed by atoms with Crippen LogP contribution in [0.4, 0.5) is 4.79 Å². The summed E-state index contributed by atoms with van der Waals surface area (Å²) in [4.78, 5) is 27.4. The molecule has 6 nitrogen and oxygen atoms in total. The Labute approximate surface area is 166 Å². The minimum Gasteiger partial charge on any atom is -0.497 e. The second kappa shape index (κ2) is 6.39. The molecule has 4 rings (SSSR count). The molecular formula is C22H30N2O4. The fraction of sp³-hybridized carbons (Fsp3) is 0.636. The van der Waals surface area contributed by atoms with Crippen LogP contribution in [0.2, 0.25) is 0 Å². The largest absolute Gasteiger partial charge is 0.497 e. The molecule has 1 aromatic carbocycles. The summed E-state index contributed by atoms with van der Waals surface area (Å²) in [5.41, 5.74) is 1.58. The molecule has 6 heteroatoms.